The smallest absolute Gasteiger partial charge is 0.249 e. The maximum absolute atomic E-state index is 12.9. The van der Waals surface area contributed by atoms with E-state index >= 15 is 0 Å². The van der Waals surface area contributed by atoms with Crippen molar-refractivity contribution in [1.29, 1.82) is 0 Å². The van der Waals surface area contributed by atoms with E-state index in [1.165, 1.54) is 11.3 Å². The summed E-state index contributed by atoms with van der Waals surface area (Å²) in [6.45, 7) is 1.58. The highest BCUT2D eigenvalue weighted by Gasteiger charge is 2.50. The molecule has 1 aromatic heterocycles. The van der Waals surface area contributed by atoms with Crippen molar-refractivity contribution in [2.24, 2.45) is 11.8 Å². The molecule has 0 radical (unpaired) electrons. The molecule has 0 spiro atoms. The van der Waals surface area contributed by atoms with Crippen molar-refractivity contribution in [1.82, 2.24) is 9.88 Å². The molecule has 3 amide bonds. The van der Waals surface area contributed by atoms with Crippen LogP contribution in [0.3, 0.4) is 0 Å². The topological polar surface area (TPSA) is 88.6 Å². The molecule has 3 aromatic rings. The number of imide groups is 1. The third kappa shape index (κ3) is 3.67. The molecule has 5 rings (SSSR count). The molecule has 1 aliphatic carbocycles. The van der Waals surface area contributed by atoms with Crippen LogP contribution in [0, 0.1) is 11.8 Å². The number of carbonyl (C=O) groups excluding carboxylic acids is 3. The molecule has 2 heterocycles. The first-order valence-electron chi connectivity index (χ1n) is 10.5. The molecule has 32 heavy (non-hydrogen) atoms. The quantitative estimate of drug-likeness (QED) is 0.464. The molecule has 7 nitrogen and oxygen atoms in total. The van der Waals surface area contributed by atoms with Gasteiger partial charge in [0.1, 0.15) is 17.5 Å². The number of anilines is 1. The minimum absolute atomic E-state index is 0.265. The molecule has 162 valence electrons. The van der Waals surface area contributed by atoms with Crippen molar-refractivity contribution in [3.05, 3.63) is 60.7 Å². The number of hydrogen-bond acceptors (Lipinski definition) is 6. The number of aromatic nitrogens is 1. The lowest BCUT2D eigenvalue weighted by molar-refractivity contribution is -0.146. The second-order valence-electron chi connectivity index (χ2n) is 7.93. The van der Waals surface area contributed by atoms with Crippen molar-refractivity contribution in [2.75, 3.05) is 5.32 Å². The molecule has 2 aliphatic rings. The van der Waals surface area contributed by atoms with Crippen molar-refractivity contribution < 1.29 is 19.1 Å². The number of para-hydroxylation sites is 1. The average molecular weight is 448 g/mol. The Hall–Kier alpha value is -3.52. The summed E-state index contributed by atoms with van der Waals surface area (Å²) in [5.74, 6) is -0.268. The highest BCUT2D eigenvalue weighted by molar-refractivity contribution is 7.22. The molecule has 1 fully saturated rings. The Morgan fingerprint density at radius 1 is 1.06 bits per heavy atom. The van der Waals surface area contributed by atoms with Gasteiger partial charge in [-0.2, -0.15) is 0 Å². The SMILES string of the molecule is C[C@@H](C(=O)Nc1nc2ccc(Oc3ccccc3)cc2s1)N1C(=O)[C@H]2CC=CC[C@@H]2C1=O. The Morgan fingerprint density at radius 2 is 1.75 bits per heavy atom. The second-order valence-corrected chi connectivity index (χ2v) is 8.96. The first-order chi connectivity index (χ1) is 15.5. The number of carbonyl (C=O) groups is 3. The van der Waals surface area contributed by atoms with E-state index in [1.807, 2.05) is 60.7 Å². The van der Waals surface area contributed by atoms with Gasteiger partial charge in [-0.25, -0.2) is 4.98 Å². The molecule has 8 heteroatoms. The standard InChI is InChI=1S/C24H21N3O4S/c1-14(27-22(29)17-9-5-6-10-18(17)23(27)30)21(28)26-24-25-19-12-11-16(13-20(19)32-24)31-15-7-3-2-4-8-15/h2-8,11-14,17-18H,9-10H2,1H3,(H,25,26,28)/t14-,17-,18-/m0/s1. The van der Waals surface area contributed by atoms with E-state index < -0.39 is 11.9 Å². The lowest BCUT2D eigenvalue weighted by atomic mass is 9.85. The van der Waals surface area contributed by atoms with Gasteiger partial charge in [0.25, 0.3) is 0 Å². The fourth-order valence-electron chi connectivity index (χ4n) is 4.18. The lowest BCUT2D eigenvalue weighted by Gasteiger charge is -2.21. The summed E-state index contributed by atoms with van der Waals surface area (Å²) in [6.07, 6.45) is 4.95. The zero-order chi connectivity index (χ0) is 22.2. The summed E-state index contributed by atoms with van der Waals surface area (Å²) in [6, 6.07) is 14.1. The van der Waals surface area contributed by atoms with Crippen LogP contribution in [0.4, 0.5) is 5.13 Å². The van der Waals surface area contributed by atoms with Crippen molar-refractivity contribution >= 4 is 44.4 Å². The number of ether oxygens (including phenoxy) is 1. The van der Waals surface area contributed by atoms with Crippen molar-refractivity contribution in [3.8, 4) is 11.5 Å². The second kappa shape index (κ2) is 8.20. The van der Waals surface area contributed by atoms with Crippen molar-refractivity contribution in [2.45, 2.75) is 25.8 Å². The zero-order valence-corrected chi connectivity index (χ0v) is 18.2. The fraction of sp³-hybridized carbons (Fsp3) is 0.250. The summed E-state index contributed by atoms with van der Waals surface area (Å²) >= 11 is 1.31. The van der Waals surface area contributed by atoms with E-state index in [0.717, 1.165) is 20.9 Å². The van der Waals surface area contributed by atoms with Crippen molar-refractivity contribution in [3.63, 3.8) is 0 Å². The van der Waals surface area contributed by atoms with E-state index in [0.29, 0.717) is 23.7 Å². The maximum atomic E-state index is 12.9. The van der Waals surface area contributed by atoms with Gasteiger partial charge in [0, 0.05) is 6.07 Å². The number of fused-ring (bicyclic) bond motifs is 2. The van der Waals surface area contributed by atoms with E-state index in [-0.39, 0.29) is 23.7 Å². The third-order valence-corrected chi connectivity index (χ3v) is 6.81. The highest BCUT2D eigenvalue weighted by atomic mass is 32.1. The number of amides is 3. The molecule has 0 saturated carbocycles. The Labute approximate surface area is 188 Å². The number of nitrogens with one attached hydrogen (secondary N) is 1. The monoisotopic (exact) mass is 447 g/mol. The molecule has 2 aromatic carbocycles. The molecule has 1 saturated heterocycles. The number of likely N-dealkylation sites (tertiary alicyclic amines) is 1. The van der Waals surface area contributed by atoms with E-state index in [2.05, 4.69) is 10.3 Å². The Bertz CT molecular complexity index is 1210. The largest absolute Gasteiger partial charge is 0.457 e. The van der Waals surface area contributed by atoms with Crippen LogP contribution in [0.1, 0.15) is 19.8 Å². The van der Waals surface area contributed by atoms with Crippen LogP contribution >= 0.6 is 11.3 Å². The van der Waals surface area contributed by atoms with Gasteiger partial charge in [0.2, 0.25) is 17.7 Å². The first-order valence-corrected chi connectivity index (χ1v) is 11.3. The number of allylic oxidation sites excluding steroid dienone is 2. The minimum atomic E-state index is -0.899. The molecule has 0 bridgehead atoms. The van der Waals surface area contributed by atoms with E-state index in [4.69, 9.17) is 4.74 Å². The Morgan fingerprint density at radius 3 is 2.44 bits per heavy atom. The predicted molar refractivity (Wildman–Crippen MR) is 121 cm³/mol. The Kier molecular flexibility index (Phi) is 5.22. The van der Waals surface area contributed by atoms with Crippen LogP contribution in [-0.2, 0) is 14.4 Å². The summed E-state index contributed by atoms with van der Waals surface area (Å²) < 4.78 is 6.71. The molecule has 1 aliphatic heterocycles. The number of hydrogen-bond donors (Lipinski definition) is 1. The Balaban J connectivity index is 1.30. The van der Waals surface area contributed by atoms with E-state index in [9.17, 15) is 14.4 Å². The normalized spacial score (nSPS) is 21.0. The van der Waals surface area contributed by atoms with Gasteiger partial charge in [0.15, 0.2) is 5.13 Å². The predicted octanol–water partition coefficient (Wildman–Crippen LogP) is 4.37. The number of nitrogens with zero attached hydrogens (tertiary/aromatic N) is 2. The van der Waals surface area contributed by atoms with Crippen LogP contribution in [0.5, 0.6) is 11.5 Å². The van der Waals surface area contributed by atoms with Gasteiger partial charge in [-0.05, 0) is 44.0 Å². The summed E-state index contributed by atoms with van der Waals surface area (Å²) in [7, 11) is 0. The van der Waals surface area contributed by atoms with Gasteiger partial charge in [0.05, 0.1) is 22.1 Å². The van der Waals surface area contributed by atoms with Crippen LogP contribution in [0.15, 0.2) is 60.7 Å². The lowest BCUT2D eigenvalue weighted by Crippen LogP contribution is -2.46. The summed E-state index contributed by atoms with van der Waals surface area (Å²) in [4.78, 5) is 43.9. The minimum Gasteiger partial charge on any atom is -0.457 e. The van der Waals surface area contributed by atoms with Gasteiger partial charge < -0.3 is 10.1 Å². The first kappa shape index (κ1) is 20.4. The molecular formula is C24H21N3O4S. The highest BCUT2D eigenvalue weighted by Crippen LogP contribution is 2.36. The zero-order valence-electron chi connectivity index (χ0n) is 17.4. The van der Waals surface area contributed by atoms with Crippen LogP contribution in [0.25, 0.3) is 10.2 Å². The molecule has 0 unspecified atom stereocenters. The molecular weight excluding hydrogens is 426 g/mol. The average Bonchev–Trinajstić information content (AvgIpc) is 3.31. The maximum Gasteiger partial charge on any atom is 0.249 e. The van der Waals surface area contributed by atoms with Gasteiger partial charge >= 0.3 is 0 Å². The van der Waals surface area contributed by atoms with Crippen LogP contribution in [-0.4, -0.2) is 33.6 Å². The summed E-state index contributed by atoms with van der Waals surface area (Å²) in [5, 5.41) is 3.17. The van der Waals surface area contributed by atoms with Gasteiger partial charge in [-0.1, -0.05) is 41.7 Å². The number of rotatable bonds is 5. The third-order valence-electron chi connectivity index (χ3n) is 5.88. The van der Waals surface area contributed by atoms with Crippen LogP contribution in [0.2, 0.25) is 0 Å². The van der Waals surface area contributed by atoms with Gasteiger partial charge in [-0.3, -0.25) is 19.3 Å². The van der Waals surface area contributed by atoms with E-state index in [1.54, 1.807) is 6.92 Å². The fourth-order valence-corrected chi connectivity index (χ4v) is 5.08. The van der Waals surface area contributed by atoms with Crippen LogP contribution < -0.4 is 10.1 Å². The number of benzene rings is 2. The number of thiazole rings is 1. The molecule has 1 N–H and O–H groups in total. The summed E-state index contributed by atoms with van der Waals surface area (Å²) in [5.41, 5.74) is 0.726. The van der Waals surface area contributed by atoms with Gasteiger partial charge in [-0.15, -0.1) is 0 Å². The molecule has 3 atom stereocenters.